The summed E-state index contributed by atoms with van der Waals surface area (Å²) in [4.78, 5) is 10.8. The second-order valence-electron chi connectivity index (χ2n) is 5.07. The molecule has 1 heterocycles. The van der Waals surface area contributed by atoms with Crippen molar-refractivity contribution < 1.29 is 27.8 Å². The van der Waals surface area contributed by atoms with E-state index in [1.54, 1.807) is 0 Å². The molecule has 7 nitrogen and oxygen atoms in total. The predicted octanol–water partition coefficient (Wildman–Crippen LogP) is 0.350. The quantitative estimate of drug-likeness (QED) is 0.809. The average Bonchev–Trinajstić information content (AvgIpc) is 2.48. The Kier molecular flexibility index (Phi) is 5.52. The minimum atomic E-state index is -3.63. The van der Waals surface area contributed by atoms with Crippen molar-refractivity contribution in [2.45, 2.75) is 17.4 Å². The van der Waals surface area contributed by atoms with E-state index < -0.39 is 16.0 Å². The zero-order valence-electron chi connectivity index (χ0n) is 12.3. The maximum Gasteiger partial charge on any atom is 0.307 e. The van der Waals surface area contributed by atoms with Crippen molar-refractivity contribution in [3.63, 3.8) is 0 Å². The highest BCUT2D eigenvalue weighted by molar-refractivity contribution is 7.89. The Morgan fingerprint density at radius 1 is 1.32 bits per heavy atom. The van der Waals surface area contributed by atoms with Gasteiger partial charge in [0.25, 0.3) is 0 Å². The number of carboxylic acids is 1. The van der Waals surface area contributed by atoms with Crippen molar-refractivity contribution in [1.82, 2.24) is 4.31 Å². The molecular formula is C14H19NO6S. The van der Waals surface area contributed by atoms with Crippen molar-refractivity contribution in [2.24, 2.45) is 0 Å². The van der Waals surface area contributed by atoms with E-state index in [-0.39, 0.29) is 24.0 Å². The van der Waals surface area contributed by atoms with Gasteiger partial charge in [-0.2, -0.15) is 4.31 Å². The smallest absolute Gasteiger partial charge is 0.307 e. The third-order valence-corrected chi connectivity index (χ3v) is 5.17. The first-order chi connectivity index (χ1) is 10.4. The van der Waals surface area contributed by atoms with Gasteiger partial charge in [-0.1, -0.05) is 12.1 Å². The zero-order chi connectivity index (χ0) is 16.2. The van der Waals surface area contributed by atoms with Crippen LogP contribution in [-0.4, -0.2) is 63.3 Å². The van der Waals surface area contributed by atoms with Crippen molar-refractivity contribution >= 4 is 16.0 Å². The lowest BCUT2D eigenvalue weighted by molar-refractivity contribution is -0.136. The van der Waals surface area contributed by atoms with Gasteiger partial charge in [0.05, 0.1) is 37.2 Å². The van der Waals surface area contributed by atoms with Gasteiger partial charge in [-0.05, 0) is 17.7 Å². The van der Waals surface area contributed by atoms with E-state index in [1.165, 1.54) is 35.6 Å². The minimum Gasteiger partial charge on any atom is -0.481 e. The monoisotopic (exact) mass is 329 g/mol. The van der Waals surface area contributed by atoms with Crippen molar-refractivity contribution in [3.8, 4) is 0 Å². The molecule has 2 rings (SSSR count). The van der Waals surface area contributed by atoms with Gasteiger partial charge >= 0.3 is 5.97 Å². The fourth-order valence-corrected chi connectivity index (χ4v) is 3.36. The highest BCUT2D eigenvalue weighted by atomic mass is 32.2. The highest BCUT2D eigenvalue weighted by Gasteiger charge is 2.25. The maximum absolute atomic E-state index is 12.5. The highest BCUT2D eigenvalue weighted by Crippen LogP contribution is 2.17. The van der Waals surface area contributed by atoms with Crippen LogP contribution in [0.25, 0.3) is 0 Å². The van der Waals surface area contributed by atoms with E-state index in [0.29, 0.717) is 25.4 Å². The molecule has 0 aliphatic carbocycles. The molecule has 1 atom stereocenters. The third-order valence-electron chi connectivity index (χ3n) is 3.33. The normalized spacial score (nSPS) is 19.3. The van der Waals surface area contributed by atoms with Crippen molar-refractivity contribution in [3.05, 3.63) is 29.8 Å². The number of ether oxygens (including phenoxy) is 2. The van der Waals surface area contributed by atoms with Crippen LogP contribution in [0.4, 0.5) is 0 Å². The summed E-state index contributed by atoms with van der Waals surface area (Å²) < 4.78 is 36.8. The molecule has 22 heavy (non-hydrogen) atoms. The first-order valence-electron chi connectivity index (χ1n) is 6.86. The Morgan fingerprint density at radius 3 is 2.55 bits per heavy atom. The third kappa shape index (κ3) is 4.26. The molecule has 1 aromatic carbocycles. The topological polar surface area (TPSA) is 93.1 Å². The molecule has 1 unspecified atom stereocenters. The SMILES string of the molecule is CN(CC1COCCO1)S(=O)(=O)c1ccc(CC(=O)O)cc1. The van der Waals surface area contributed by atoms with E-state index in [9.17, 15) is 13.2 Å². The molecule has 1 aliphatic rings. The van der Waals surface area contributed by atoms with Crippen LogP contribution in [-0.2, 0) is 30.7 Å². The predicted molar refractivity (Wildman–Crippen MR) is 78.2 cm³/mol. The zero-order valence-corrected chi connectivity index (χ0v) is 13.1. The molecule has 1 fully saturated rings. The van der Waals surface area contributed by atoms with Gasteiger partial charge < -0.3 is 14.6 Å². The second-order valence-corrected chi connectivity index (χ2v) is 7.11. The number of sulfonamides is 1. The van der Waals surface area contributed by atoms with Gasteiger partial charge in [-0.15, -0.1) is 0 Å². The Hall–Kier alpha value is -1.48. The van der Waals surface area contributed by atoms with Crippen LogP contribution in [0, 0.1) is 0 Å². The number of carboxylic acid groups (broad SMARTS) is 1. The Balaban J connectivity index is 2.06. The molecule has 1 saturated heterocycles. The molecule has 0 amide bonds. The molecule has 1 N–H and O–H groups in total. The number of nitrogens with zero attached hydrogens (tertiary/aromatic N) is 1. The van der Waals surface area contributed by atoms with Crippen LogP contribution >= 0.6 is 0 Å². The van der Waals surface area contributed by atoms with Crippen LogP contribution in [0.5, 0.6) is 0 Å². The van der Waals surface area contributed by atoms with Crippen LogP contribution in [0.2, 0.25) is 0 Å². The largest absolute Gasteiger partial charge is 0.481 e. The van der Waals surface area contributed by atoms with E-state index in [4.69, 9.17) is 14.6 Å². The number of hydrogen-bond donors (Lipinski definition) is 1. The summed E-state index contributed by atoms with van der Waals surface area (Å²) in [7, 11) is -2.15. The summed E-state index contributed by atoms with van der Waals surface area (Å²) in [5.41, 5.74) is 0.554. The fourth-order valence-electron chi connectivity index (χ4n) is 2.16. The lowest BCUT2D eigenvalue weighted by Gasteiger charge is -2.27. The van der Waals surface area contributed by atoms with Gasteiger partial charge in [0, 0.05) is 13.6 Å². The average molecular weight is 329 g/mol. The van der Waals surface area contributed by atoms with E-state index in [2.05, 4.69) is 0 Å². The van der Waals surface area contributed by atoms with Gasteiger partial charge in [-0.3, -0.25) is 4.79 Å². The summed E-state index contributed by atoms with van der Waals surface area (Å²) in [6.45, 7) is 1.57. The van der Waals surface area contributed by atoms with Gasteiger partial charge in [0.1, 0.15) is 0 Å². The molecule has 0 bridgehead atoms. The molecule has 0 radical (unpaired) electrons. The molecule has 0 aromatic heterocycles. The van der Waals surface area contributed by atoms with Crippen molar-refractivity contribution in [1.29, 1.82) is 0 Å². The number of hydrogen-bond acceptors (Lipinski definition) is 5. The molecular weight excluding hydrogens is 310 g/mol. The number of rotatable bonds is 6. The number of likely N-dealkylation sites (N-methyl/N-ethyl adjacent to an activating group) is 1. The van der Waals surface area contributed by atoms with Crippen LogP contribution < -0.4 is 0 Å². The Labute approximate surface area is 129 Å². The fraction of sp³-hybridized carbons (Fsp3) is 0.500. The molecule has 0 spiro atoms. The van der Waals surface area contributed by atoms with Crippen molar-refractivity contribution in [2.75, 3.05) is 33.4 Å². The summed E-state index contributed by atoms with van der Waals surface area (Å²) in [5, 5.41) is 8.71. The van der Waals surface area contributed by atoms with Crippen LogP contribution in [0.15, 0.2) is 29.2 Å². The van der Waals surface area contributed by atoms with Crippen LogP contribution in [0.3, 0.4) is 0 Å². The number of benzene rings is 1. The van der Waals surface area contributed by atoms with E-state index in [1.807, 2.05) is 0 Å². The standard InChI is InChI=1S/C14H19NO6S/c1-15(9-12-10-20-6-7-21-12)22(18,19)13-4-2-11(3-5-13)8-14(16)17/h2-5,12H,6-10H2,1H3,(H,16,17). The number of carbonyl (C=O) groups is 1. The Bertz CT molecular complexity index is 607. The summed E-state index contributed by atoms with van der Waals surface area (Å²) in [6.07, 6.45) is -0.413. The summed E-state index contributed by atoms with van der Waals surface area (Å²) in [6, 6.07) is 5.86. The molecule has 1 aliphatic heterocycles. The Morgan fingerprint density at radius 2 is 2.00 bits per heavy atom. The summed E-state index contributed by atoms with van der Waals surface area (Å²) in [5.74, 6) is -0.956. The minimum absolute atomic E-state index is 0.126. The van der Waals surface area contributed by atoms with Gasteiger partial charge in [0.15, 0.2) is 0 Å². The van der Waals surface area contributed by atoms with Gasteiger partial charge in [-0.25, -0.2) is 8.42 Å². The maximum atomic E-state index is 12.5. The van der Waals surface area contributed by atoms with E-state index in [0.717, 1.165) is 0 Å². The first-order valence-corrected chi connectivity index (χ1v) is 8.30. The summed E-state index contributed by atoms with van der Waals surface area (Å²) >= 11 is 0. The molecule has 0 saturated carbocycles. The van der Waals surface area contributed by atoms with Gasteiger partial charge in [0.2, 0.25) is 10.0 Å². The first kappa shape index (κ1) is 16.9. The number of aliphatic carboxylic acids is 1. The van der Waals surface area contributed by atoms with Crippen LogP contribution in [0.1, 0.15) is 5.56 Å². The molecule has 122 valence electrons. The van der Waals surface area contributed by atoms with E-state index >= 15 is 0 Å². The second kappa shape index (κ2) is 7.19. The molecule has 1 aromatic rings. The lowest BCUT2D eigenvalue weighted by atomic mass is 10.2. The molecule has 8 heteroatoms. The lowest BCUT2D eigenvalue weighted by Crippen LogP contribution is -2.40.